The molecule has 6 nitrogen and oxygen atoms in total. The first kappa shape index (κ1) is 18.7. The summed E-state index contributed by atoms with van der Waals surface area (Å²) in [7, 11) is 2.21. The van der Waals surface area contributed by atoms with Gasteiger partial charge in [0.15, 0.2) is 6.04 Å². The lowest BCUT2D eigenvalue weighted by atomic mass is 10.1. The minimum absolute atomic E-state index is 0.0852. The Bertz CT molecular complexity index is 690. The van der Waals surface area contributed by atoms with E-state index in [1.54, 1.807) is 12.1 Å². The van der Waals surface area contributed by atoms with Crippen molar-refractivity contribution in [2.75, 3.05) is 13.0 Å². The first-order chi connectivity index (χ1) is 12.1. The van der Waals surface area contributed by atoms with E-state index in [-0.39, 0.29) is 13.0 Å². The Hall–Kier alpha value is -2.59. The Labute approximate surface area is 148 Å². The van der Waals surface area contributed by atoms with Crippen molar-refractivity contribution in [3.05, 3.63) is 65.7 Å². The van der Waals surface area contributed by atoms with Crippen LogP contribution in [-0.4, -0.2) is 36.2 Å². The molecule has 0 spiro atoms. The van der Waals surface area contributed by atoms with Crippen LogP contribution in [0.3, 0.4) is 0 Å². The van der Waals surface area contributed by atoms with E-state index in [4.69, 9.17) is 9.84 Å². The second-order valence-corrected chi connectivity index (χ2v) is 5.58. The summed E-state index contributed by atoms with van der Waals surface area (Å²) in [5.41, 5.74) is 2.33. The Morgan fingerprint density at radius 1 is 1.04 bits per heavy atom. The van der Waals surface area contributed by atoms with E-state index in [1.807, 2.05) is 30.3 Å². The maximum atomic E-state index is 11.3. The molecule has 2 unspecified atom stereocenters. The van der Waals surface area contributed by atoms with Gasteiger partial charge in [0.25, 0.3) is 0 Å². The molecule has 2 rings (SSSR count). The van der Waals surface area contributed by atoms with Crippen molar-refractivity contribution in [2.24, 2.45) is 0 Å². The molecule has 0 saturated carbocycles. The number of carbonyl (C=O) groups excluding carboxylic acids is 1. The summed E-state index contributed by atoms with van der Waals surface area (Å²) >= 11 is 0. The van der Waals surface area contributed by atoms with Crippen molar-refractivity contribution in [1.82, 2.24) is 5.32 Å². The summed E-state index contributed by atoms with van der Waals surface area (Å²) in [4.78, 5) is 22.5. The molecule has 0 aliphatic rings. The number of hydrogen-bond acceptors (Lipinski definition) is 4. The molecule has 132 valence electrons. The second kappa shape index (κ2) is 9.64. The molecule has 0 heterocycles. The smallest absolute Gasteiger partial charge is 0.408 e. The lowest BCUT2D eigenvalue weighted by molar-refractivity contribution is -0.140. The van der Waals surface area contributed by atoms with Crippen molar-refractivity contribution in [2.45, 2.75) is 12.5 Å². The van der Waals surface area contributed by atoms with Crippen LogP contribution in [0.5, 0.6) is 5.75 Å². The number of aliphatic carboxylic acids is 1. The van der Waals surface area contributed by atoms with Crippen LogP contribution in [0.2, 0.25) is 0 Å². The van der Waals surface area contributed by atoms with Crippen LogP contribution >= 0.6 is 9.24 Å². The maximum absolute atomic E-state index is 11.3. The van der Waals surface area contributed by atoms with Crippen molar-refractivity contribution in [3.8, 4) is 5.75 Å². The van der Waals surface area contributed by atoms with E-state index in [0.717, 1.165) is 12.0 Å². The highest BCUT2D eigenvalue weighted by Crippen LogP contribution is 2.15. The molecular weight excluding hydrogens is 341 g/mol. The van der Waals surface area contributed by atoms with Crippen molar-refractivity contribution in [1.29, 1.82) is 0 Å². The fourth-order valence-electron chi connectivity index (χ4n) is 2.15. The summed E-state index contributed by atoms with van der Waals surface area (Å²) in [6.45, 7) is -0.195. The fraction of sp³-hybridized carbons (Fsp3) is 0.222. The number of ether oxygens (including phenoxy) is 2. The molecule has 0 fully saturated rings. The molecule has 0 bridgehead atoms. The molecule has 1 amide bonds. The number of carbonyl (C=O) groups is 2. The van der Waals surface area contributed by atoms with Gasteiger partial charge in [0.2, 0.25) is 0 Å². The predicted octanol–water partition coefficient (Wildman–Crippen LogP) is 2.67. The minimum Gasteiger partial charge on any atom is -0.491 e. The second-order valence-electron chi connectivity index (χ2n) is 5.25. The number of hydrogen-bond donors (Lipinski definition) is 2. The number of rotatable bonds is 8. The van der Waals surface area contributed by atoms with Crippen LogP contribution in [0.15, 0.2) is 54.6 Å². The van der Waals surface area contributed by atoms with Gasteiger partial charge in [-0.05, 0) is 29.7 Å². The monoisotopic (exact) mass is 361 g/mol. The normalized spacial score (nSPS) is 11.4. The summed E-state index contributed by atoms with van der Waals surface area (Å²) in [5.74, 6) is -0.661. The van der Waals surface area contributed by atoms with Gasteiger partial charge in [0.05, 0.1) is 0 Å². The number of carboxylic acid groups (broad SMARTS) is 1. The molecule has 2 aromatic rings. The van der Waals surface area contributed by atoms with E-state index in [9.17, 15) is 9.59 Å². The average molecular weight is 361 g/mol. The number of nitrogens with one attached hydrogen (secondary N) is 1. The quantitative estimate of drug-likeness (QED) is 0.706. The molecule has 0 aliphatic carbocycles. The van der Waals surface area contributed by atoms with Gasteiger partial charge in [0, 0.05) is 0 Å². The zero-order chi connectivity index (χ0) is 18.1. The maximum Gasteiger partial charge on any atom is 0.408 e. The van der Waals surface area contributed by atoms with E-state index in [0.29, 0.717) is 5.75 Å². The van der Waals surface area contributed by atoms with Crippen LogP contribution in [0, 0.1) is 0 Å². The third-order valence-electron chi connectivity index (χ3n) is 3.40. The zero-order valence-electron chi connectivity index (χ0n) is 13.6. The Morgan fingerprint density at radius 3 is 2.28 bits per heavy atom. The molecule has 2 atom stereocenters. The van der Waals surface area contributed by atoms with Crippen molar-refractivity contribution < 1.29 is 24.2 Å². The minimum atomic E-state index is -1.19. The standard InChI is InChI=1S/C18H20NO5P/c20-17(21)16(19-18(22)24-12-25)11-23-15-8-6-14(7-9-15)10-13-4-2-1-3-5-13/h1-9,16H,10-12,25H2,(H,19,22)(H,20,21). The molecular formula is C18H20NO5P. The fourth-order valence-corrected chi connectivity index (χ4v) is 2.30. The predicted molar refractivity (Wildman–Crippen MR) is 96.8 cm³/mol. The van der Waals surface area contributed by atoms with E-state index < -0.39 is 18.1 Å². The molecule has 2 aromatic carbocycles. The Kier molecular flexibility index (Phi) is 7.23. The Balaban J connectivity index is 1.89. The molecule has 0 aliphatic heterocycles. The van der Waals surface area contributed by atoms with Gasteiger partial charge in [-0.1, -0.05) is 51.7 Å². The molecule has 2 N–H and O–H groups in total. The van der Waals surface area contributed by atoms with E-state index in [2.05, 4.69) is 31.4 Å². The summed E-state index contributed by atoms with van der Waals surface area (Å²) in [5, 5.41) is 11.4. The average Bonchev–Trinajstić information content (AvgIpc) is 2.61. The molecule has 0 saturated heterocycles. The molecule has 25 heavy (non-hydrogen) atoms. The summed E-state index contributed by atoms with van der Waals surface area (Å²) in [6, 6.07) is 16.3. The first-order valence-corrected chi connectivity index (χ1v) is 8.52. The van der Waals surface area contributed by atoms with Gasteiger partial charge in [0.1, 0.15) is 18.7 Å². The van der Waals surface area contributed by atoms with Crippen LogP contribution in [0.4, 0.5) is 4.79 Å². The molecule has 7 heteroatoms. The zero-order valence-corrected chi connectivity index (χ0v) is 14.7. The highest BCUT2D eigenvalue weighted by Gasteiger charge is 2.21. The first-order valence-electron chi connectivity index (χ1n) is 7.70. The third kappa shape index (κ3) is 6.43. The third-order valence-corrected chi connectivity index (χ3v) is 3.56. The van der Waals surface area contributed by atoms with Crippen LogP contribution in [-0.2, 0) is 16.0 Å². The Morgan fingerprint density at radius 2 is 1.68 bits per heavy atom. The van der Waals surface area contributed by atoms with Gasteiger partial charge in [-0.25, -0.2) is 9.59 Å². The largest absolute Gasteiger partial charge is 0.491 e. The van der Waals surface area contributed by atoms with Gasteiger partial charge < -0.3 is 19.9 Å². The van der Waals surface area contributed by atoms with Crippen LogP contribution in [0.25, 0.3) is 0 Å². The lowest BCUT2D eigenvalue weighted by Gasteiger charge is -2.15. The van der Waals surface area contributed by atoms with Crippen LogP contribution < -0.4 is 10.1 Å². The van der Waals surface area contributed by atoms with Gasteiger partial charge in [-0.3, -0.25) is 0 Å². The number of amides is 1. The van der Waals surface area contributed by atoms with E-state index in [1.165, 1.54) is 5.56 Å². The number of carboxylic acids is 1. The summed E-state index contributed by atoms with van der Waals surface area (Å²) in [6.07, 6.45) is 0.0904. The van der Waals surface area contributed by atoms with Crippen LogP contribution in [0.1, 0.15) is 11.1 Å². The highest BCUT2D eigenvalue weighted by molar-refractivity contribution is 7.16. The highest BCUT2D eigenvalue weighted by atomic mass is 31.0. The topological polar surface area (TPSA) is 84.9 Å². The van der Waals surface area contributed by atoms with Crippen molar-refractivity contribution in [3.63, 3.8) is 0 Å². The number of benzene rings is 2. The van der Waals surface area contributed by atoms with Crippen molar-refractivity contribution >= 4 is 21.3 Å². The number of alkyl carbamates (subject to hydrolysis) is 1. The van der Waals surface area contributed by atoms with Gasteiger partial charge >= 0.3 is 12.1 Å². The van der Waals surface area contributed by atoms with Gasteiger partial charge in [-0.15, -0.1) is 0 Å². The lowest BCUT2D eigenvalue weighted by Crippen LogP contribution is -2.44. The SMILES string of the molecule is O=C(NC(COc1ccc(Cc2ccccc2)cc1)C(=O)O)OCP. The molecule has 0 radical (unpaired) electrons. The van der Waals surface area contributed by atoms with Gasteiger partial charge in [-0.2, -0.15) is 0 Å². The molecule has 0 aromatic heterocycles. The van der Waals surface area contributed by atoms with E-state index >= 15 is 0 Å². The summed E-state index contributed by atoms with van der Waals surface area (Å²) < 4.78 is 10.1.